The van der Waals surface area contributed by atoms with Gasteiger partial charge in [-0.3, -0.25) is 14.8 Å². The van der Waals surface area contributed by atoms with E-state index in [0.29, 0.717) is 6.42 Å². The Balaban J connectivity index is 2.69. The van der Waals surface area contributed by atoms with Crippen LogP contribution in [-0.2, 0) is 16.6 Å². The molecule has 0 aromatic carbocycles. The van der Waals surface area contributed by atoms with Crippen molar-refractivity contribution in [3.05, 3.63) is 23.8 Å². The molecule has 0 aliphatic rings. The molecule has 1 aromatic rings. The van der Waals surface area contributed by atoms with Crippen molar-refractivity contribution in [3.8, 4) is 0 Å². The van der Waals surface area contributed by atoms with Gasteiger partial charge in [0.25, 0.3) is 0 Å². The molecule has 4 nitrogen and oxygen atoms in total. The lowest BCUT2D eigenvalue weighted by Crippen LogP contribution is -2.14. The van der Waals surface area contributed by atoms with Gasteiger partial charge in [-0.15, -0.1) is 0 Å². The van der Waals surface area contributed by atoms with Crippen molar-refractivity contribution >= 4 is 5.97 Å². The van der Waals surface area contributed by atoms with Crippen molar-refractivity contribution in [2.75, 3.05) is 0 Å². The minimum atomic E-state index is -0.809. The molecule has 1 rings (SSSR count). The van der Waals surface area contributed by atoms with Gasteiger partial charge in [0.1, 0.15) is 0 Å². The van der Waals surface area contributed by atoms with Crippen LogP contribution in [0.1, 0.15) is 38.6 Å². The molecule has 15 heavy (non-hydrogen) atoms. The smallest absolute Gasteiger partial charge is 0.303 e. The number of nitrogens with zero attached hydrogens (tertiary/aromatic N) is 2. The maximum absolute atomic E-state index is 10.4. The van der Waals surface area contributed by atoms with Crippen LogP contribution < -0.4 is 0 Å². The second-order valence-corrected chi connectivity index (χ2v) is 4.54. The lowest BCUT2D eigenvalue weighted by Gasteiger charge is -2.16. The van der Waals surface area contributed by atoms with E-state index in [1.807, 2.05) is 0 Å². The van der Waals surface area contributed by atoms with Gasteiger partial charge >= 0.3 is 5.97 Å². The fraction of sp³-hybridized carbons (Fsp3) is 0.545. The molecule has 0 saturated heterocycles. The number of carboxylic acid groups (broad SMARTS) is 1. The van der Waals surface area contributed by atoms with Gasteiger partial charge in [0.05, 0.1) is 17.8 Å². The molecule has 0 aliphatic heterocycles. The summed E-state index contributed by atoms with van der Waals surface area (Å²) in [6.45, 7) is 6.19. The summed E-state index contributed by atoms with van der Waals surface area (Å²) in [5, 5.41) is 8.51. The van der Waals surface area contributed by atoms with Gasteiger partial charge in [-0.2, -0.15) is 0 Å². The summed E-state index contributed by atoms with van der Waals surface area (Å²) in [6.07, 6.45) is 3.91. The van der Waals surface area contributed by atoms with E-state index < -0.39 is 5.97 Å². The summed E-state index contributed by atoms with van der Waals surface area (Å²) < 4.78 is 0. The van der Waals surface area contributed by atoms with E-state index in [0.717, 1.165) is 11.4 Å². The maximum atomic E-state index is 10.4. The molecule has 0 aliphatic carbocycles. The Morgan fingerprint density at radius 2 is 2.00 bits per heavy atom. The highest BCUT2D eigenvalue weighted by atomic mass is 16.4. The molecule has 0 radical (unpaired) electrons. The number of aromatic nitrogens is 2. The average Bonchev–Trinajstić information content (AvgIpc) is 2.14. The molecule has 0 bridgehead atoms. The second kappa shape index (κ2) is 4.38. The molecule has 0 saturated carbocycles. The third kappa shape index (κ3) is 3.65. The van der Waals surface area contributed by atoms with Crippen LogP contribution in [-0.4, -0.2) is 21.0 Å². The van der Waals surface area contributed by atoms with E-state index in [4.69, 9.17) is 5.11 Å². The molecule has 0 unspecified atom stereocenters. The summed E-state index contributed by atoms with van der Waals surface area (Å²) in [7, 11) is 0. The largest absolute Gasteiger partial charge is 0.481 e. The van der Waals surface area contributed by atoms with Gasteiger partial charge in [-0.05, 0) is 0 Å². The number of carbonyl (C=O) groups is 1. The van der Waals surface area contributed by atoms with Crippen LogP contribution in [0, 0.1) is 0 Å². The van der Waals surface area contributed by atoms with Crippen LogP contribution in [0.4, 0.5) is 0 Å². The lowest BCUT2D eigenvalue weighted by molar-refractivity contribution is -0.136. The van der Waals surface area contributed by atoms with Crippen LogP contribution in [0.2, 0.25) is 0 Å². The molecule has 0 amide bonds. The number of rotatable bonds is 3. The monoisotopic (exact) mass is 208 g/mol. The minimum Gasteiger partial charge on any atom is -0.481 e. The Hall–Kier alpha value is -1.45. The third-order valence-corrected chi connectivity index (χ3v) is 2.07. The van der Waals surface area contributed by atoms with Gasteiger partial charge in [0, 0.05) is 24.2 Å². The van der Waals surface area contributed by atoms with Gasteiger partial charge in [-0.1, -0.05) is 20.8 Å². The van der Waals surface area contributed by atoms with Crippen LogP contribution in [0.5, 0.6) is 0 Å². The number of aryl methyl sites for hydroxylation is 1. The third-order valence-electron chi connectivity index (χ3n) is 2.07. The molecule has 1 aromatic heterocycles. The van der Waals surface area contributed by atoms with Crippen LogP contribution in [0.15, 0.2) is 12.4 Å². The van der Waals surface area contributed by atoms with Crippen LogP contribution in [0.3, 0.4) is 0 Å². The highest BCUT2D eigenvalue weighted by Gasteiger charge is 2.15. The van der Waals surface area contributed by atoms with Crippen LogP contribution >= 0.6 is 0 Å². The Morgan fingerprint density at radius 3 is 2.40 bits per heavy atom. The van der Waals surface area contributed by atoms with Crippen molar-refractivity contribution in [1.82, 2.24) is 9.97 Å². The van der Waals surface area contributed by atoms with Gasteiger partial charge < -0.3 is 5.11 Å². The topological polar surface area (TPSA) is 63.1 Å². The Labute approximate surface area is 89.4 Å². The SMILES string of the molecule is CC(C)(C)c1cnc(CCC(=O)O)cn1. The fourth-order valence-electron chi connectivity index (χ4n) is 1.11. The van der Waals surface area contributed by atoms with Crippen molar-refractivity contribution in [2.24, 2.45) is 0 Å². The lowest BCUT2D eigenvalue weighted by atomic mass is 9.93. The van der Waals surface area contributed by atoms with E-state index in [1.165, 1.54) is 0 Å². The van der Waals surface area contributed by atoms with E-state index in [2.05, 4.69) is 30.7 Å². The van der Waals surface area contributed by atoms with Crippen molar-refractivity contribution in [1.29, 1.82) is 0 Å². The molecule has 0 spiro atoms. The summed E-state index contributed by atoms with van der Waals surface area (Å²) in [4.78, 5) is 18.8. The van der Waals surface area contributed by atoms with Crippen molar-refractivity contribution in [3.63, 3.8) is 0 Å². The highest BCUT2D eigenvalue weighted by molar-refractivity contribution is 5.66. The first-order valence-corrected chi connectivity index (χ1v) is 4.93. The molecule has 82 valence electrons. The normalized spacial score (nSPS) is 11.4. The Morgan fingerprint density at radius 1 is 1.33 bits per heavy atom. The van der Waals surface area contributed by atoms with Gasteiger partial charge in [0.2, 0.25) is 0 Å². The number of aliphatic carboxylic acids is 1. The van der Waals surface area contributed by atoms with E-state index in [9.17, 15) is 4.79 Å². The fourth-order valence-corrected chi connectivity index (χ4v) is 1.11. The predicted molar refractivity (Wildman–Crippen MR) is 56.7 cm³/mol. The number of hydrogen-bond donors (Lipinski definition) is 1. The van der Waals surface area contributed by atoms with E-state index >= 15 is 0 Å². The zero-order valence-corrected chi connectivity index (χ0v) is 9.32. The van der Waals surface area contributed by atoms with Crippen molar-refractivity contribution in [2.45, 2.75) is 39.0 Å². The molecular formula is C11H16N2O2. The maximum Gasteiger partial charge on any atom is 0.303 e. The zero-order chi connectivity index (χ0) is 11.5. The molecule has 4 heteroatoms. The van der Waals surface area contributed by atoms with Crippen LogP contribution in [0.25, 0.3) is 0 Å². The average molecular weight is 208 g/mol. The summed E-state index contributed by atoms with van der Waals surface area (Å²) in [5.74, 6) is -0.809. The summed E-state index contributed by atoms with van der Waals surface area (Å²) >= 11 is 0. The van der Waals surface area contributed by atoms with Gasteiger partial charge in [-0.25, -0.2) is 0 Å². The molecular weight excluding hydrogens is 192 g/mol. The second-order valence-electron chi connectivity index (χ2n) is 4.54. The molecule has 0 atom stereocenters. The summed E-state index contributed by atoms with van der Waals surface area (Å²) in [6, 6.07) is 0. The Bertz CT molecular complexity index is 339. The van der Waals surface area contributed by atoms with Gasteiger partial charge in [0.15, 0.2) is 0 Å². The van der Waals surface area contributed by atoms with Crippen molar-refractivity contribution < 1.29 is 9.90 Å². The van der Waals surface area contributed by atoms with E-state index in [-0.39, 0.29) is 11.8 Å². The molecule has 1 heterocycles. The van der Waals surface area contributed by atoms with E-state index in [1.54, 1.807) is 12.4 Å². The first-order chi connectivity index (χ1) is 6.89. The summed E-state index contributed by atoms with van der Waals surface area (Å²) in [5.41, 5.74) is 1.63. The standard InChI is InChI=1S/C11H16N2O2/c1-11(2,3)9-7-12-8(6-13-9)4-5-10(14)15/h6-7H,4-5H2,1-3H3,(H,14,15). The minimum absolute atomic E-state index is 0.0155. The predicted octanol–water partition coefficient (Wildman–Crippen LogP) is 1.79. The number of hydrogen-bond acceptors (Lipinski definition) is 3. The highest BCUT2D eigenvalue weighted by Crippen LogP contribution is 2.18. The molecule has 1 N–H and O–H groups in total. The zero-order valence-electron chi connectivity index (χ0n) is 9.32. The first kappa shape index (κ1) is 11.6. The molecule has 0 fully saturated rings. The quantitative estimate of drug-likeness (QED) is 0.822. The number of carboxylic acids is 1. The first-order valence-electron chi connectivity index (χ1n) is 4.93. The Kier molecular flexibility index (Phi) is 3.39.